The third-order valence-electron chi connectivity index (χ3n) is 8.00. The molecule has 49 heavy (non-hydrogen) atoms. The van der Waals surface area contributed by atoms with Gasteiger partial charge in [-0.05, 0) is 47.4 Å². The lowest BCUT2D eigenvalue weighted by molar-refractivity contribution is -0.158. The van der Waals surface area contributed by atoms with E-state index >= 15 is 0 Å². The number of thioether (sulfide) groups is 2. The van der Waals surface area contributed by atoms with Crippen molar-refractivity contribution in [3.8, 4) is 0 Å². The van der Waals surface area contributed by atoms with Crippen molar-refractivity contribution in [1.82, 2.24) is 15.2 Å². The van der Waals surface area contributed by atoms with Gasteiger partial charge in [-0.1, -0.05) is 65.8 Å². The first kappa shape index (κ1) is 34.7. The second kappa shape index (κ2) is 16.5. The highest BCUT2D eigenvalue weighted by Gasteiger charge is 2.54. The average molecular weight is 722 g/mol. The zero-order chi connectivity index (χ0) is 34.2. The fourth-order valence-corrected chi connectivity index (χ4v) is 8.05. The van der Waals surface area contributed by atoms with Crippen molar-refractivity contribution in [3.63, 3.8) is 0 Å². The number of esters is 1. The van der Waals surface area contributed by atoms with Crippen molar-refractivity contribution in [2.45, 2.75) is 43.1 Å². The van der Waals surface area contributed by atoms with Gasteiger partial charge >= 0.3 is 5.97 Å². The van der Waals surface area contributed by atoms with E-state index in [0.29, 0.717) is 23.7 Å². The molecule has 256 valence electrons. The molecule has 1 aromatic heterocycles. The smallest absolute Gasteiger partial charge is 0.356 e. The number of amides is 2. The molecule has 6 rings (SSSR count). The van der Waals surface area contributed by atoms with Crippen LogP contribution in [0.15, 0.2) is 94.0 Å². The van der Waals surface area contributed by atoms with Crippen molar-refractivity contribution in [1.29, 1.82) is 0 Å². The summed E-state index contributed by atoms with van der Waals surface area (Å²) in [6.45, 7) is 1.23. The number of β-lactam (4-membered cyclic amide) rings is 1. The Labute approximate surface area is 295 Å². The molecule has 2 fully saturated rings. The number of aromatic nitrogens is 1. The number of fused-ring (bicyclic) bond motifs is 1. The third kappa shape index (κ3) is 8.19. The van der Waals surface area contributed by atoms with Gasteiger partial charge < -0.3 is 30.5 Å². The number of allylic oxidation sites excluding steroid dienone is 1. The van der Waals surface area contributed by atoms with E-state index in [9.17, 15) is 19.6 Å². The van der Waals surface area contributed by atoms with Crippen LogP contribution in [0.2, 0.25) is 0 Å². The fourth-order valence-electron chi connectivity index (χ4n) is 5.59. The van der Waals surface area contributed by atoms with E-state index in [1.807, 2.05) is 72.1 Å². The number of hydrogen-bond acceptors (Lipinski definition) is 13. The van der Waals surface area contributed by atoms with Crippen LogP contribution in [0.25, 0.3) is 0 Å². The minimum Gasteiger partial charge on any atom is -0.448 e. The molecule has 0 bridgehead atoms. The molecule has 0 aliphatic carbocycles. The molecule has 0 spiro atoms. The molecular formula is C34H35N5O7S3. The standard InChI is InChI=1S/C34H35N5O7S3/c35-34-36-24(20-49-34)26(38-43)30(40)37-27-31(41)39-28(33(42)46-29(21-9-3-1-4-10-21)22-11-5-2-6-12-22)23(19-48-32(27)39)14-17-47-18-16-45-25-13-7-8-15-44-25/h1-6,9-12,14,17,20,25,27,29,32,43H,7-8,13,15-16,18-19H2,(H2,35,36)(H,37,40)/b17-14+,38-26?/t25?,27-,32-/m1/s1. The number of ether oxygens (including phenoxy) is 3. The van der Waals surface area contributed by atoms with Crippen LogP contribution >= 0.6 is 34.9 Å². The van der Waals surface area contributed by atoms with Crippen molar-refractivity contribution in [3.05, 3.63) is 106 Å². The average Bonchev–Trinajstić information content (AvgIpc) is 3.57. The van der Waals surface area contributed by atoms with E-state index in [1.165, 1.54) is 33.8 Å². The molecule has 2 saturated heterocycles. The highest BCUT2D eigenvalue weighted by Crippen LogP contribution is 2.42. The molecule has 0 saturated carbocycles. The topological polar surface area (TPSA) is 166 Å². The number of nitrogens with two attached hydrogens (primary N) is 1. The summed E-state index contributed by atoms with van der Waals surface area (Å²) in [6.07, 6.45) is 3.97. The highest BCUT2D eigenvalue weighted by molar-refractivity contribution is 8.02. The van der Waals surface area contributed by atoms with E-state index in [1.54, 1.807) is 0 Å². The van der Waals surface area contributed by atoms with E-state index in [0.717, 1.165) is 48.3 Å². The summed E-state index contributed by atoms with van der Waals surface area (Å²) in [6, 6.07) is 17.8. The normalized spacial score (nSPS) is 21.1. The minimum absolute atomic E-state index is 0.0843. The Morgan fingerprint density at radius 3 is 2.53 bits per heavy atom. The van der Waals surface area contributed by atoms with E-state index < -0.39 is 35.3 Å². The Hall–Kier alpha value is -4.15. The Morgan fingerprint density at radius 1 is 1.16 bits per heavy atom. The maximum atomic E-state index is 14.2. The number of oxime groups is 1. The molecule has 2 aromatic carbocycles. The van der Waals surface area contributed by atoms with Crippen LogP contribution in [0.4, 0.5) is 5.13 Å². The van der Waals surface area contributed by atoms with Gasteiger partial charge in [0.05, 0.1) is 6.61 Å². The van der Waals surface area contributed by atoms with Crippen LogP contribution < -0.4 is 11.1 Å². The summed E-state index contributed by atoms with van der Waals surface area (Å²) in [7, 11) is 0. The molecule has 2 amide bonds. The number of carbonyl (C=O) groups is 3. The van der Waals surface area contributed by atoms with Crippen LogP contribution in [0.3, 0.4) is 0 Å². The number of benzene rings is 2. The summed E-state index contributed by atoms with van der Waals surface area (Å²) in [4.78, 5) is 46.3. The van der Waals surface area contributed by atoms with Gasteiger partial charge in [0.15, 0.2) is 23.2 Å². The number of nitrogens with one attached hydrogen (secondary N) is 1. The maximum absolute atomic E-state index is 14.2. The number of hydrogen-bond donors (Lipinski definition) is 3. The van der Waals surface area contributed by atoms with Crippen molar-refractivity contribution in [2.24, 2.45) is 5.16 Å². The van der Waals surface area contributed by atoms with Gasteiger partial charge in [0, 0.05) is 23.5 Å². The molecule has 12 nitrogen and oxygen atoms in total. The lowest BCUT2D eigenvalue weighted by Crippen LogP contribution is -2.71. The summed E-state index contributed by atoms with van der Waals surface area (Å²) < 4.78 is 17.7. The first-order valence-corrected chi connectivity index (χ1v) is 18.7. The van der Waals surface area contributed by atoms with Crippen LogP contribution in [0, 0.1) is 0 Å². The molecule has 3 aliphatic rings. The molecule has 15 heteroatoms. The SMILES string of the molecule is Nc1nc(C(=NO)C(=O)N[C@@H]2C(=O)N3C(C(=O)OC(c4ccccc4)c4ccccc4)=C(/C=C/SCCOC4CCCCO4)CS[C@H]23)cs1. The molecule has 3 aromatic rings. The van der Waals surface area contributed by atoms with E-state index in [4.69, 9.17) is 19.9 Å². The molecule has 0 radical (unpaired) electrons. The number of carbonyl (C=O) groups excluding carboxylic acids is 3. The molecule has 4 heterocycles. The predicted molar refractivity (Wildman–Crippen MR) is 189 cm³/mol. The Bertz CT molecular complexity index is 1690. The molecule has 3 aliphatic heterocycles. The van der Waals surface area contributed by atoms with Gasteiger partial charge in [-0.15, -0.1) is 34.9 Å². The summed E-state index contributed by atoms with van der Waals surface area (Å²) >= 11 is 4.01. The lowest BCUT2D eigenvalue weighted by atomic mass is 10.0. The van der Waals surface area contributed by atoms with Gasteiger partial charge in [0.25, 0.3) is 11.8 Å². The number of nitrogen functional groups attached to an aromatic ring is 1. The first-order valence-electron chi connectivity index (χ1n) is 15.7. The molecular weight excluding hydrogens is 687 g/mol. The highest BCUT2D eigenvalue weighted by atomic mass is 32.2. The summed E-state index contributed by atoms with van der Waals surface area (Å²) in [5.41, 5.74) is 7.67. The maximum Gasteiger partial charge on any atom is 0.356 e. The first-order chi connectivity index (χ1) is 23.9. The largest absolute Gasteiger partial charge is 0.448 e. The van der Waals surface area contributed by atoms with Crippen molar-refractivity contribution < 1.29 is 33.8 Å². The second-order valence-corrected chi connectivity index (χ2v) is 14.2. The molecule has 1 unspecified atom stereocenters. The zero-order valence-electron chi connectivity index (χ0n) is 26.3. The predicted octanol–water partition coefficient (Wildman–Crippen LogP) is 4.68. The monoisotopic (exact) mass is 721 g/mol. The molecule has 3 atom stereocenters. The zero-order valence-corrected chi connectivity index (χ0v) is 28.8. The summed E-state index contributed by atoms with van der Waals surface area (Å²) in [5.74, 6) is -0.906. The number of nitrogens with zero attached hydrogens (tertiary/aromatic N) is 3. The summed E-state index contributed by atoms with van der Waals surface area (Å²) in [5, 5.41) is 18.2. The Kier molecular flexibility index (Phi) is 11.7. The van der Waals surface area contributed by atoms with Crippen LogP contribution in [0.5, 0.6) is 0 Å². The number of thiazole rings is 1. The van der Waals surface area contributed by atoms with Crippen molar-refractivity contribution in [2.75, 3.05) is 30.5 Å². The fraction of sp³-hybridized carbons (Fsp3) is 0.324. The van der Waals surface area contributed by atoms with Crippen LogP contribution in [0.1, 0.15) is 42.2 Å². The molecule has 4 N–H and O–H groups in total. The van der Waals surface area contributed by atoms with Gasteiger partial charge in [0.2, 0.25) is 0 Å². The van der Waals surface area contributed by atoms with Crippen molar-refractivity contribution >= 4 is 63.5 Å². The van der Waals surface area contributed by atoms with Gasteiger partial charge in [-0.25, -0.2) is 9.78 Å². The lowest BCUT2D eigenvalue weighted by Gasteiger charge is -2.49. The van der Waals surface area contributed by atoms with E-state index in [2.05, 4.69) is 15.5 Å². The van der Waals surface area contributed by atoms with Gasteiger partial charge in [-0.3, -0.25) is 14.5 Å². The minimum atomic E-state index is -0.980. The Morgan fingerprint density at radius 2 is 1.90 bits per heavy atom. The van der Waals surface area contributed by atoms with Gasteiger partial charge in [0.1, 0.15) is 22.8 Å². The number of anilines is 1. The van der Waals surface area contributed by atoms with Gasteiger partial charge in [-0.2, -0.15) is 0 Å². The third-order valence-corrected chi connectivity index (χ3v) is 10.7. The van der Waals surface area contributed by atoms with Crippen LogP contribution in [-0.2, 0) is 28.6 Å². The Balaban J connectivity index is 1.21. The van der Waals surface area contributed by atoms with E-state index in [-0.39, 0.29) is 28.5 Å². The number of rotatable bonds is 13. The second-order valence-electron chi connectivity index (χ2n) is 11.2. The quantitative estimate of drug-likeness (QED) is 0.0561. The van der Waals surface area contributed by atoms with Crippen LogP contribution in [-0.4, -0.2) is 81.0 Å².